The van der Waals surface area contributed by atoms with Crippen molar-refractivity contribution in [2.45, 2.75) is 12.3 Å². The summed E-state index contributed by atoms with van der Waals surface area (Å²) in [6.45, 7) is 0. The number of rotatable bonds is 3. The van der Waals surface area contributed by atoms with Crippen LogP contribution >= 0.6 is 0 Å². The molecule has 6 heteroatoms. The van der Waals surface area contributed by atoms with Gasteiger partial charge in [-0.2, -0.15) is 0 Å². The van der Waals surface area contributed by atoms with Gasteiger partial charge in [0.1, 0.15) is 16.9 Å². The first-order valence-electron chi connectivity index (χ1n) is 16.9. The molecule has 6 nitrogen and oxygen atoms in total. The van der Waals surface area contributed by atoms with E-state index < -0.39 is 0 Å². The van der Waals surface area contributed by atoms with Crippen LogP contribution in [-0.2, 0) is 6.42 Å². The molecule has 0 aliphatic heterocycles. The molecule has 10 aromatic rings. The standard InChI is InChI=1S/C44H27N5O/c1-3-10-29-23-37-34(20-27(29)8-1)35-21-28-9-2-4-11-30(28)24-38(35)49(37)40-18-17-32(25-46-40)42-41(31-16-15-26-12-7-19-45-36(26)22-31)48-44-43(47-42)33-13-5-6-14-39(33)50-44/h1-21,23-25,31H,22H2. The normalized spacial score (nSPS) is 14.4. The lowest BCUT2D eigenvalue weighted by Crippen LogP contribution is -2.11. The summed E-state index contributed by atoms with van der Waals surface area (Å²) in [5.41, 5.74) is 9.07. The van der Waals surface area contributed by atoms with Gasteiger partial charge in [-0.15, -0.1) is 0 Å². The molecule has 11 rings (SSSR count). The van der Waals surface area contributed by atoms with Crippen LogP contribution in [0, 0.1) is 0 Å². The van der Waals surface area contributed by atoms with Crippen molar-refractivity contribution in [2.75, 3.05) is 0 Å². The highest BCUT2D eigenvalue weighted by molar-refractivity contribution is 6.16. The molecular weight excluding hydrogens is 615 g/mol. The molecule has 1 aliphatic rings. The Morgan fingerprint density at radius 2 is 1.34 bits per heavy atom. The summed E-state index contributed by atoms with van der Waals surface area (Å²) in [5.74, 6) is 0.829. The molecule has 1 unspecified atom stereocenters. The highest BCUT2D eigenvalue weighted by atomic mass is 16.3. The number of benzene rings is 5. The maximum Gasteiger partial charge on any atom is 0.246 e. The second kappa shape index (κ2) is 10.4. The van der Waals surface area contributed by atoms with Gasteiger partial charge in [-0.1, -0.05) is 78.9 Å². The molecule has 0 saturated carbocycles. The Kier molecular flexibility index (Phi) is 5.69. The Labute approximate surface area is 286 Å². The van der Waals surface area contributed by atoms with Gasteiger partial charge in [-0.05, 0) is 81.7 Å². The van der Waals surface area contributed by atoms with Crippen molar-refractivity contribution >= 4 is 71.6 Å². The van der Waals surface area contributed by atoms with Crippen LogP contribution < -0.4 is 0 Å². The molecule has 0 radical (unpaired) electrons. The molecule has 5 aromatic carbocycles. The lowest BCUT2D eigenvalue weighted by atomic mass is 9.89. The Morgan fingerprint density at radius 1 is 0.640 bits per heavy atom. The topological polar surface area (TPSA) is 69.6 Å². The van der Waals surface area contributed by atoms with E-state index in [-0.39, 0.29) is 5.92 Å². The molecule has 5 aromatic heterocycles. The van der Waals surface area contributed by atoms with Crippen molar-refractivity contribution in [3.05, 3.63) is 157 Å². The third kappa shape index (κ3) is 4.08. The molecule has 0 N–H and O–H groups in total. The molecule has 0 amide bonds. The summed E-state index contributed by atoms with van der Waals surface area (Å²) in [6, 6.07) is 42.6. The smallest absolute Gasteiger partial charge is 0.246 e. The maximum absolute atomic E-state index is 6.22. The summed E-state index contributed by atoms with van der Waals surface area (Å²) < 4.78 is 8.51. The Morgan fingerprint density at radius 3 is 2.06 bits per heavy atom. The molecule has 234 valence electrons. The highest BCUT2D eigenvalue weighted by Gasteiger charge is 2.25. The number of furan rings is 1. The fourth-order valence-corrected chi connectivity index (χ4v) is 7.75. The van der Waals surface area contributed by atoms with Gasteiger partial charge in [0.25, 0.3) is 0 Å². The lowest BCUT2D eigenvalue weighted by molar-refractivity contribution is 0.645. The SMILES string of the molecule is C1=CC(c2nc3oc4ccccc4c3nc2-c2ccc(-n3c4cc5ccccc5cc4c4cc5ccccc5cc43)nc2)Cc2ncccc21. The predicted octanol–water partition coefficient (Wildman–Crippen LogP) is 10.6. The molecule has 0 fully saturated rings. The first-order valence-corrected chi connectivity index (χ1v) is 16.9. The van der Waals surface area contributed by atoms with E-state index in [1.165, 1.54) is 32.3 Å². The highest BCUT2D eigenvalue weighted by Crippen LogP contribution is 2.39. The van der Waals surface area contributed by atoms with Crippen LogP contribution in [0.4, 0.5) is 0 Å². The fraction of sp³-hybridized carbons (Fsp3) is 0.0455. The van der Waals surface area contributed by atoms with Gasteiger partial charge < -0.3 is 4.42 Å². The van der Waals surface area contributed by atoms with E-state index in [0.717, 1.165) is 68.0 Å². The van der Waals surface area contributed by atoms with E-state index in [1.807, 2.05) is 42.7 Å². The van der Waals surface area contributed by atoms with Gasteiger partial charge in [0.05, 0.1) is 22.4 Å². The summed E-state index contributed by atoms with van der Waals surface area (Å²) in [6.07, 6.45) is 8.87. The van der Waals surface area contributed by atoms with Crippen molar-refractivity contribution < 1.29 is 4.42 Å². The quantitative estimate of drug-likeness (QED) is 0.192. The van der Waals surface area contributed by atoms with E-state index in [2.05, 4.69) is 113 Å². The summed E-state index contributed by atoms with van der Waals surface area (Å²) in [4.78, 5) is 20.3. The first-order chi connectivity index (χ1) is 24.7. The monoisotopic (exact) mass is 641 g/mol. The fourth-order valence-electron chi connectivity index (χ4n) is 7.75. The van der Waals surface area contributed by atoms with Gasteiger partial charge in [0.15, 0.2) is 0 Å². The Balaban J connectivity index is 1.12. The second-order valence-corrected chi connectivity index (χ2v) is 13.1. The van der Waals surface area contributed by atoms with Crippen LogP contribution in [0.5, 0.6) is 0 Å². The Bertz CT molecular complexity index is 2930. The largest absolute Gasteiger partial charge is 0.436 e. The number of fused-ring (bicyclic) bond motifs is 9. The molecule has 5 heterocycles. The first kappa shape index (κ1) is 27.3. The third-order valence-electron chi connectivity index (χ3n) is 10.2. The molecule has 0 saturated heterocycles. The zero-order valence-corrected chi connectivity index (χ0v) is 26.8. The Hall–Kier alpha value is -6.66. The number of hydrogen-bond donors (Lipinski definition) is 0. The van der Waals surface area contributed by atoms with Crippen LogP contribution in [-0.4, -0.2) is 24.5 Å². The van der Waals surface area contributed by atoms with Crippen LogP contribution in [0.3, 0.4) is 0 Å². The van der Waals surface area contributed by atoms with Crippen LogP contribution in [0.25, 0.3) is 88.7 Å². The van der Waals surface area contributed by atoms with Crippen molar-refractivity contribution in [1.29, 1.82) is 0 Å². The summed E-state index contributed by atoms with van der Waals surface area (Å²) in [5, 5.41) is 8.20. The zero-order chi connectivity index (χ0) is 32.8. The minimum atomic E-state index is -0.0175. The van der Waals surface area contributed by atoms with Crippen LogP contribution in [0.1, 0.15) is 22.9 Å². The summed E-state index contributed by atoms with van der Waals surface area (Å²) >= 11 is 0. The van der Waals surface area contributed by atoms with E-state index in [1.54, 1.807) is 0 Å². The predicted molar refractivity (Wildman–Crippen MR) is 202 cm³/mol. The third-order valence-corrected chi connectivity index (χ3v) is 10.2. The average molecular weight is 642 g/mol. The summed E-state index contributed by atoms with van der Waals surface area (Å²) in [7, 11) is 0. The minimum Gasteiger partial charge on any atom is -0.436 e. The van der Waals surface area contributed by atoms with Gasteiger partial charge in [-0.25, -0.2) is 15.0 Å². The van der Waals surface area contributed by atoms with Crippen molar-refractivity contribution in [3.8, 4) is 17.1 Å². The van der Waals surface area contributed by atoms with Gasteiger partial charge in [-0.3, -0.25) is 9.55 Å². The van der Waals surface area contributed by atoms with E-state index >= 15 is 0 Å². The lowest BCUT2D eigenvalue weighted by Gasteiger charge is -2.20. The van der Waals surface area contributed by atoms with Gasteiger partial charge >= 0.3 is 0 Å². The average Bonchev–Trinajstić information content (AvgIpc) is 3.69. The molecule has 0 spiro atoms. The van der Waals surface area contributed by atoms with E-state index in [9.17, 15) is 0 Å². The molecule has 1 atom stereocenters. The number of allylic oxidation sites excluding steroid dienone is 1. The number of nitrogens with zero attached hydrogens (tertiary/aromatic N) is 5. The number of pyridine rings is 2. The van der Waals surface area contributed by atoms with Crippen LogP contribution in [0.15, 0.2) is 144 Å². The van der Waals surface area contributed by atoms with E-state index in [0.29, 0.717) is 5.71 Å². The maximum atomic E-state index is 6.22. The van der Waals surface area contributed by atoms with Gasteiger partial charge in [0, 0.05) is 52.1 Å². The molecule has 0 bridgehead atoms. The number of aromatic nitrogens is 5. The van der Waals surface area contributed by atoms with Crippen molar-refractivity contribution in [2.24, 2.45) is 0 Å². The minimum absolute atomic E-state index is 0.0175. The number of hydrogen-bond acceptors (Lipinski definition) is 5. The van der Waals surface area contributed by atoms with Crippen LogP contribution in [0.2, 0.25) is 0 Å². The van der Waals surface area contributed by atoms with Crippen molar-refractivity contribution in [1.82, 2.24) is 24.5 Å². The number of para-hydroxylation sites is 1. The second-order valence-electron chi connectivity index (χ2n) is 13.1. The molecule has 50 heavy (non-hydrogen) atoms. The molecular formula is C44H27N5O. The zero-order valence-electron chi connectivity index (χ0n) is 26.8. The van der Waals surface area contributed by atoms with Crippen molar-refractivity contribution in [3.63, 3.8) is 0 Å². The van der Waals surface area contributed by atoms with E-state index in [4.69, 9.17) is 19.4 Å². The molecule has 1 aliphatic carbocycles. The van der Waals surface area contributed by atoms with Gasteiger partial charge in [0.2, 0.25) is 5.71 Å².